The SMILES string of the molecule is COC(=O)[C@H]1O[C@@H](Oc2ccc([C@@H]3[C@@H](CC[C@H](O)c4ccc(F)cc4)C(=O)N3c3ccc(C#C[Si](C)(C)C)cc3)cc2)[C@H](O)[C@@H](O)[C@@H]1O. The number of benzene rings is 3. The Morgan fingerprint density at radius 2 is 1.60 bits per heavy atom. The summed E-state index contributed by atoms with van der Waals surface area (Å²) < 4.78 is 29.2. The third kappa shape index (κ3) is 7.79. The number of halogens is 1. The zero-order valence-electron chi connectivity index (χ0n) is 27.1. The van der Waals surface area contributed by atoms with Gasteiger partial charge in [-0.25, -0.2) is 9.18 Å². The largest absolute Gasteiger partial charge is 0.467 e. The fourth-order valence-corrected chi connectivity index (χ4v) is 6.31. The molecule has 3 aromatic rings. The molecule has 2 aliphatic heterocycles. The molecule has 10 nitrogen and oxygen atoms in total. The van der Waals surface area contributed by atoms with Crippen molar-refractivity contribution in [1.29, 1.82) is 0 Å². The maximum Gasteiger partial charge on any atom is 0.337 e. The van der Waals surface area contributed by atoms with Crippen molar-refractivity contribution in [3.05, 3.63) is 95.3 Å². The van der Waals surface area contributed by atoms with E-state index in [-0.39, 0.29) is 24.1 Å². The molecule has 0 saturated carbocycles. The molecule has 2 saturated heterocycles. The number of hydrogen-bond donors (Lipinski definition) is 4. The number of aliphatic hydroxyl groups excluding tert-OH is 4. The van der Waals surface area contributed by atoms with Crippen molar-refractivity contribution in [2.45, 2.75) is 75.3 Å². The van der Waals surface area contributed by atoms with E-state index in [0.717, 1.165) is 18.2 Å². The predicted molar refractivity (Wildman–Crippen MR) is 177 cm³/mol. The molecule has 0 aliphatic carbocycles. The van der Waals surface area contributed by atoms with Crippen molar-refractivity contribution in [2.75, 3.05) is 12.0 Å². The second-order valence-electron chi connectivity index (χ2n) is 13.1. The molecule has 254 valence electrons. The van der Waals surface area contributed by atoms with Crippen LogP contribution < -0.4 is 9.64 Å². The highest BCUT2D eigenvalue weighted by Gasteiger charge is 2.50. The van der Waals surface area contributed by atoms with Crippen molar-refractivity contribution in [2.24, 2.45) is 5.92 Å². The molecule has 2 heterocycles. The second kappa shape index (κ2) is 14.6. The minimum absolute atomic E-state index is 0.104. The Kier molecular flexibility index (Phi) is 10.7. The molecule has 3 aromatic carbocycles. The smallest absolute Gasteiger partial charge is 0.337 e. The average molecular weight is 678 g/mol. The van der Waals surface area contributed by atoms with Crippen LogP contribution in [0.3, 0.4) is 0 Å². The Morgan fingerprint density at radius 1 is 0.958 bits per heavy atom. The van der Waals surface area contributed by atoms with Crippen LogP contribution in [0.4, 0.5) is 10.1 Å². The number of rotatable bonds is 9. The molecule has 0 aromatic heterocycles. The number of methoxy groups -OCH3 is 1. The number of esters is 1. The van der Waals surface area contributed by atoms with E-state index < -0.39 is 62.6 Å². The maximum atomic E-state index is 13.6. The third-order valence-corrected chi connectivity index (χ3v) is 9.30. The minimum atomic E-state index is -1.72. The first-order valence-electron chi connectivity index (χ1n) is 15.7. The van der Waals surface area contributed by atoms with E-state index in [0.29, 0.717) is 17.7 Å². The molecule has 5 rings (SSSR count). The first-order chi connectivity index (χ1) is 22.8. The molecule has 12 heteroatoms. The van der Waals surface area contributed by atoms with Crippen LogP contribution in [0.1, 0.15) is 41.7 Å². The highest BCUT2D eigenvalue weighted by molar-refractivity contribution is 6.83. The first-order valence-corrected chi connectivity index (χ1v) is 19.2. The van der Waals surface area contributed by atoms with E-state index in [1.807, 2.05) is 24.3 Å². The van der Waals surface area contributed by atoms with E-state index in [9.17, 15) is 34.4 Å². The number of amides is 1. The number of nitrogens with zero attached hydrogens (tertiary/aromatic N) is 1. The van der Waals surface area contributed by atoms with E-state index in [1.54, 1.807) is 29.2 Å². The third-order valence-electron chi connectivity index (χ3n) is 8.42. The first kappa shape index (κ1) is 35.2. The normalized spacial score (nSPS) is 26.1. The van der Waals surface area contributed by atoms with Gasteiger partial charge in [0.05, 0.1) is 25.2 Å². The Balaban J connectivity index is 1.36. The molecule has 2 aliphatic rings. The van der Waals surface area contributed by atoms with Crippen molar-refractivity contribution >= 4 is 25.6 Å². The van der Waals surface area contributed by atoms with Crippen LogP contribution in [-0.4, -0.2) is 78.2 Å². The van der Waals surface area contributed by atoms with Gasteiger partial charge in [0.1, 0.15) is 38.0 Å². The number of β-lactam (4-membered cyclic amide) rings is 1. The molecule has 8 atom stereocenters. The van der Waals surface area contributed by atoms with Crippen molar-refractivity contribution in [1.82, 2.24) is 0 Å². The zero-order chi connectivity index (χ0) is 34.7. The number of hydrogen-bond acceptors (Lipinski definition) is 9. The van der Waals surface area contributed by atoms with Gasteiger partial charge in [-0.2, -0.15) is 0 Å². The molecular weight excluding hydrogens is 637 g/mol. The van der Waals surface area contributed by atoms with Gasteiger partial charge in [0, 0.05) is 11.3 Å². The lowest BCUT2D eigenvalue weighted by atomic mass is 9.78. The number of carbonyl (C=O) groups is 2. The molecule has 48 heavy (non-hydrogen) atoms. The summed E-state index contributed by atoms with van der Waals surface area (Å²) in [4.78, 5) is 27.4. The highest BCUT2D eigenvalue weighted by Crippen LogP contribution is 2.46. The quantitative estimate of drug-likeness (QED) is 0.115. The lowest BCUT2D eigenvalue weighted by Gasteiger charge is -2.48. The van der Waals surface area contributed by atoms with Crippen LogP contribution in [0.25, 0.3) is 0 Å². The summed E-state index contributed by atoms with van der Waals surface area (Å²) in [6.07, 6.45) is -8.36. The van der Waals surface area contributed by atoms with Gasteiger partial charge in [-0.3, -0.25) is 4.79 Å². The Morgan fingerprint density at radius 3 is 2.21 bits per heavy atom. The lowest BCUT2D eigenvalue weighted by Crippen LogP contribution is -2.61. The second-order valence-corrected chi connectivity index (χ2v) is 17.8. The topological polar surface area (TPSA) is 146 Å². The Bertz CT molecular complexity index is 1650. The summed E-state index contributed by atoms with van der Waals surface area (Å²) in [5, 5.41) is 41.7. The van der Waals surface area contributed by atoms with Gasteiger partial charge in [-0.1, -0.05) is 49.8 Å². The predicted octanol–water partition coefficient (Wildman–Crippen LogP) is 3.63. The van der Waals surface area contributed by atoms with Gasteiger partial charge in [-0.05, 0) is 72.5 Å². The highest BCUT2D eigenvalue weighted by atomic mass is 28.3. The Hall–Kier alpha value is -4.09. The van der Waals surface area contributed by atoms with Crippen LogP contribution in [0.15, 0.2) is 72.8 Å². The van der Waals surface area contributed by atoms with Gasteiger partial charge in [0.2, 0.25) is 12.2 Å². The lowest BCUT2D eigenvalue weighted by molar-refractivity contribution is -0.271. The summed E-state index contributed by atoms with van der Waals surface area (Å²) in [7, 11) is -0.469. The van der Waals surface area contributed by atoms with Crippen molar-refractivity contribution in [3.63, 3.8) is 0 Å². The van der Waals surface area contributed by atoms with E-state index in [4.69, 9.17) is 9.47 Å². The molecule has 0 bridgehead atoms. The van der Waals surface area contributed by atoms with E-state index >= 15 is 0 Å². The van der Waals surface area contributed by atoms with Gasteiger partial charge in [0.25, 0.3) is 0 Å². The monoisotopic (exact) mass is 677 g/mol. The molecule has 0 radical (unpaired) electrons. The Labute approximate surface area is 279 Å². The average Bonchev–Trinajstić information content (AvgIpc) is 3.07. The summed E-state index contributed by atoms with van der Waals surface area (Å²) in [6.45, 7) is 6.49. The molecule has 4 N–H and O–H groups in total. The van der Waals surface area contributed by atoms with Gasteiger partial charge < -0.3 is 39.5 Å². The zero-order valence-corrected chi connectivity index (χ0v) is 28.1. The number of carbonyl (C=O) groups excluding carboxylic acids is 2. The van der Waals surface area contributed by atoms with Crippen LogP contribution in [0.2, 0.25) is 19.6 Å². The summed E-state index contributed by atoms with van der Waals surface area (Å²) in [6, 6.07) is 19.5. The van der Waals surface area contributed by atoms with Crippen LogP contribution in [0, 0.1) is 23.2 Å². The van der Waals surface area contributed by atoms with E-state index in [1.165, 1.54) is 24.3 Å². The van der Waals surface area contributed by atoms with Crippen molar-refractivity contribution < 1.29 is 48.6 Å². The molecule has 2 fully saturated rings. The maximum absolute atomic E-state index is 13.6. The van der Waals surface area contributed by atoms with Gasteiger partial charge in [0.15, 0.2) is 6.10 Å². The fourth-order valence-electron chi connectivity index (χ4n) is 5.79. The van der Waals surface area contributed by atoms with Crippen LogP contribution >= 0.6 is 0 Å². The molecule has 0 unspecified atom stereocenters. The minimum Gasteiger partial charge on any atom is -0.467 e. The van der Waals surface area contributed by atoms with Crippen molar-refractivity contribution in [3.8, 4) is 17.2 Å². The standard InChI is InChI=1S/C36H40FNO9Si/c1-45-35(44)33-31(41)30(40)32(42)36(47-33)46-26-15-9-23(10-16-26)29-27(17-18-28(39)22-7-11-24(37)12-8-22)34(43)38(29)25-13-5-21(6-14-25)19-20-48(2,3)4/h5-16,27-33,36,39-42H,17-18H2,1-4H3/t27-,28+,29-,30+,31+,32-,33+,36-/m1/s1. The number of anilines is 1. The molecule has 0 spiro atoms. The number of aliphatic hydroxyl groups is 4. The fraction of sp³-hybridized carbons (Fsp3) is 0.389. The van der Waals surface area contributed by atoms with Crippen LogP contribution in [0.5, 0.6) is 5.75 Å². The van der Waals surface area contributed by atoms with Gasteiger partial charge in [-0.15, -0.1) is 5.54 Å². The molecular formula is C36H40FNO9Si. The van der Waals surface area contributed by atoms with E-state index in [2.05, 4.69) is 35.8 Å². The summed E-state index contributed by atoms with van der Waals surface area (Å²) in [5.74, 6) is 1.56. The summed E-state index contributed by atoms with van der Waals surface area (Å²) >= 11 is 0. The summed E-state index contributed by atoms with van der Waals surface area (Å²) in [5.41, 5.74) is 6.22. The molecule has 1 amide bonds. The number of ether oxygens (including phenoxy) is 3. The van der Waals surface area contributed by atoms with Crippen LogP contribution in [-0.2, 0) is 19.1 Å². The van der Waals surface area contributed by atoms with Gasteiger partial charge >= 0.3 is 5.97 Å².